The molecule has 0 aliphatic carbocycles. The number of carbonyl (C=O) groups is 2. The lowest BCUT2D eigenvalue weighted by atomic mass is 10.0. The number of hydrogen-bond acceptors (Lipinski definition) is 8. The van der Waals surface area contributed by atoms with Gasteiger partial charge in [0.25, 0.3) is 5.91 Å². The monoisotopic (exact) mass is 522 g/mol. The molecular formula is C27H34N6O5. The minimum Gasteiger partial charge on any atom is -0.475 e. The maximum Gasteiger partial charge on any atom is 0.410 e. The highest BCUT2D eigenvalue weighted by Gasteiger charge is 2.33. The highest BCUT2D eigenvalue weighted by atomic mass is 16.6. The van der Waals surface area contributed by atoms with E-state index in [9.17, 15) is 9.59 Å². The van der Waals surface area contributed by atoms with Crippen LogP contribution in [0.25, 0.3) is 11.3 Å². The number of ether oxygens (including phenoxy) is 3. The van der Waals surface area contributed by atoms with Crippen LogP contribution in [0.1, 0.15) is 50.5 Å². The smallest absolute Gasteiger partial charge is 0.410 e. The Hall–Kier alpha value is -4.15. The third-order valence-electron chi connectivity index (χ3n) is 5.62. The van der Waals surface area contributed by atoms with Crippen LogP contribution in [0.5, 0.6) is 11.8 Å². The summed E-state index contributed by atoms with van der Waals surface area (Å²) in [5, 5.41) is 7.03. The standard InChI is InChI=1S/C27H34N6O5/c1-26(2,3)38-25(35)32(6)11-12-36-24-19(13-17-14-27(4,5)37-23(17)31-24)22(34)30-21-10-8-9-20(29-21)18-15-28-33(7)16-18/h8-10,13,15-16H,11-12,14H2,1-7H3,(H,29,30,34). The fraction of sp³-hybridized carbons (Fsp3) is 0.444. The lowest BCUT2D eigenvalue weighted by Crippen LogP contribution is -2.36. The minimum atomic E-state index is -0.606. The number of pyridine rings is 2. The zero-order valence-electron chi connectivity index (χ0n) is 22.9. The van der Waals surface area contributed by atoms with Gasteiger partial charge in [-0.1, -0.05) is 6.07 Å². The van der Waals surface area contributed by atoms with E-state index in [4.69, 9.17) is 14.2 Å². The van der Waals surface area contributed by atoms with Crippen molar-refractivity contribution >= 4 is 17.8 Å². The molecular weight excluding hydrogens is 488 g/mol. The van der Waals surface area contributed by atoms with E-state index >= 15 is 0 Å². The molecule has 2 amide bonds. The van der Waals surface area contributed by atoms with Crippen LogP contribution in [0.15, 0.2) is 36.7 Å². The number of fused-ring (bicyclic) bond motifs is 1. The second-order valence-corrected chi connectivity index (χ2v) is 10.9. The van der Waals surface area contributed by atoms with Crippen LogP contribution in [-0.2, 0) is 18.2 Å². The summed E-state index contributed by atoms with van der Waals surface area (Å²) in [4.78, 5) is 36.1. The first-order chi connectivity index (χ1) is 17.8. The molecule has 0 saturated heterocycles. The van der Waals surface area contributed by atoms with Crippen molar-refractivity contribution in [2.75, 3.05) is 25.5 Å². The zero-order chi connectivity index (χ0) is 27.7. The number of nitrogens with one attached hydrogen (secondary N) is 1. The Balaban J connectivity index is 1.52. The van der Waals surface area contributed by atoms with Gasteiger partial charge in [-0.2, -0.15) is 10.1 Å². The number of nitrogens with zero attached hydrogens (tertiary/aromatic N) is 5. The third-order valence-corrected chi connectivity index (χ3v) is 5.62. The Morgan fingerprint density at radius 2 is 2.00 bits per heavy atom. The lowest BCUT2D eigenvalue weighted by Gasteiger charge is -2.24. The molecule has 3 aromatic rings. The predicted octanol–water partition coefficient (Wildman–Crippen LogP) is 4.09. The normalized spacial score (nSPS) is 13.9. The summed E-state index contributed by atoms with van der Waals surface area (Å²) in [5.41, 5.74) is 1.53. The van der Waals surface area contributed by atoms with Crippen molar-refractivity contribution < 1.29 is 23.8 Å². The van der Waals surface area contributed by atoms with Crippen LogP contribution in [0.2, 0.25) is 0 Å². The molecule has 3 aromatic heterocycles. The molecule has 0 bridgehead atoms. The van der Waals surface area contributed by atoms with Gasteiger partial charge in [-0.15, -0.1) is 0 Å². The van der Waals surface area contributed by atoms with Crippen molar-refractivity contribution in [3.63, 3.8) is 0 Å². The average Bonchev–Trinajstić information content (AvgIpc) is 3.38. The molecule has 1 N–H and O–H groups in total. The Labute approximate surface area is 222 Å². The van der Waals surface area contributed by atoms with Gasteiger partial charge in [0, 0.05) is 37.8 Å². The number of likely N-dealkylation sites (N-methyl/N-ethyl adjacent to an activating group) is 1. The second-order valence-electron chi connectivity index (χ2n) is 10.9. The van der Waals surface area contributed by atoms with E-state index in [2.05, 4.69) is 20.4 Å². The number of aromatic nitrogens is 4. The van der Waals surface area contributed by atoms with Gasteiger partial charge in [-0.05, 0) is 52.8 Å². The van der Waals surface area contributed by atoms with Crippen LogP contribution >= 0.6 is 0 Å². The quantitative estimate of drug-likeness (QED) is 0.493. The number of rotatable bonds is 7. The molecule has 11 nitrogen and oxygen atoms in total. The fourth-order valence-corrected chi connectivity index (χ4v) is 3.88. The van der Waals surface area contributed by atoms with Crippen molar-refractivity contribution in [2.45, 2.75) is 52.2 Å². The van der Waals surface area contributed by atoms with Crippen molar-refractivity contribution in [3.8, 4) is 23.0 Å². The van der Waals surface area contributed by atoms with Crippen LogP contribution in [-0.4, -0.2) is 68.1 Å². The maximum atomic E-state index is 13.4. The summed E-state index contributed by atoms with van der Waals surface area (Å²) in [6.45, 7) is 9.65. The van der Waals surface area contributed by atoms with Gasteiger partial charge in [0.2, 0.25) is 11.8 Å². The molecule has 1 aliphatic heterocycles. The Morgan fingerprint density at radius 3 is 2.68 bits per heavy atom. The van der Waals surface area contributed by atoms with Crippen molar-refractivity contribution in [2.24, 2.45) is 7.05 Å². The number of amides is 2. The largest absolute Gasteiger partial charge is 0.475 e. The fourth-order valence-electron chi connectivity index (χ4n) is 3.88. The lowest BCUT2D eigenvalue weighted by molar-refractivity contribution is 0.0276. The van der Waals surface area contributed by atoms with E-state index < -0.39 is 23.2 Å². The van der Waals surface area contributed by atoms with E-state index in [1.807, 2.05) is 39.2 Å². The summed E-state index contributed by atoms with van der Waals surface area (Å²) in [6.07, 6.45) is 3.69. The molecule has 11 heteroatoms. The molecule has 202 valence electrons. The molecule has 0 saturated carbocycles. The molecule has 1 aliphatic rings. The van der Waals surface area contributed by atoms with Gasteiger partial charge in [0.15, 0.2) is 0 Å². The van der Waals surface area contributed by atoms with E-state index in [1.54, 1.807) is 50.8 Å². The topological polar surface area (TPSA) is 121 Å². The number of carbonyl (C=O) groups excluding carboxylic acids is 2. The highest BCUT2D eigenvalue weighted by Crippen LogP contribution is 2.36. The molecule has 4 heterocycles. The van der Waals surface area contributed by atoms with Crippen LogP contribution in [0, 0.1) is 0 Å². The molecule has 0 atom stereocenters. The van der Waals surface area contributed by atoms with Crippen LogP contribution in [0.4, 0.5) is 10.6 Å². The summed E-state index contributed by atoms with van der Waals surface area (Å²) >= 11 is 0. The number of aryl methyl sites for hydroxylation is 1. The SMILES string of the molecule is CN(CCOc1nc2c(cc1C(=O)Nc1cccc(-c3cnn(C)c3)n1)CC(C)(C)O2)C(=O)OC(C)(C)C. The molecule has 0 radical (unpaired) electrons. The van der Waals surface area contributed by atoms with Gasteiger partial charge < -0.3 is 24.4 Å². The maximum absolute atomic E-state index is 13.4. The van der Waals surface area contributed by atoms with Crippen molar-refractivity contribution in [1.29, 1.82) is 0 Å². The Kier molecular flexibility index (Phi) is 7.30. The van der Waals surface area contributed by atoms with Crippen LogP contribution in [0.3, 0.4) is 0 Å². The molecule has 0 unspecified atom stereocenters. The first-order valence-electron chi connectivity index (χ1n) is 12.4. The number of anilines is 1. The summed E-state index contributed by atoms with van der Waals surface area (Å²) in [5.74, 6) is 0.499. The molecule has 0 fully saturated rings. The van der Waals surface area contributed by atoms with E-state index in [1.165, 1.54) is 4.90 Å². The molecule has 4 rings (SSSR count). The molecule has 0 aromatic carbocycles. The van der Waals surface area contributed by atoms with Gasteiger partial charge in [-0.25, -0.2) is 9.78 Å². The summed E-state index contributed by atoms with van der Waals surface area (Å²) in [7, 11) is 3.45. The average molecular weight is 523 g/mol. The number of hydrogen-bond donors (Lipinski definition) is 1. The third kappa shape index (κ3) is 6.58. The van der Waals surface area contributed by atoms with E-state index in [-0.39, 0.29) is 24.6 Å². The summed E-state index contributed by atoms with van der Waals surface area (Å²) < 4.78 is 18.9. The van der Waals surface area contributed by atoms with Gasteiger partial charge in [0.05, 0.1) is 18.4 Å². The van der Waals surface area contributed by atoms with Crippen molar-refractivity contribution in [1.82, 2.24) is 24.6 Å². The van der Waals surface area contributed by atoms with E-state index in [0.717, 1.165) is 11.1 Å². The van der Waals surface area contributed by atoms with Crippen LogP contribution < -0.4 is 14.8 Å². The Bertz CT molecular complexity index is 1340. The van der Waals surface area contributed by atoms with Gasteiger partial charge in [-0.3, -0.25) is 9.48 Å². The first kappa shape index (κ1) is 26.9. The Morgan fingerprint density at radius 1 is 1.24 bits per heavy atom. The van der Waals surface area contributed by atoms with Crippen molar-refractivity contribution in [3.05, 3.63) is 47.8 Å². The van der Waals surface area contributed by atoms with E-state index in [0.29, 0.717) is 23.8 Å². The summed E-state index contributed by atoms with van der Waals surface area (Å²) in [6, 6.07) is 7.11. The first-order valence-corrected chi connectivity index (χ1v) is 12.4. The zero-order valence-corrected chi connectivity index (χ0v) is 22.9. The highest BCUT2D eigenvalue weighted by molar-refractivity contribution is 6.05. The molecule has 0 spiro atoms. The van der Waals surface area contributed by atoms with Gasteiger partial charge in [0.1, 0.15) is 29.2 Å². The van der Waals surface area contributed by atoms with Gasteiger partial charge >= 0.3 is 6.09 Å². The second kappa shape index (κ2) is 10.3. The molecule has 38 heavy (non-hydrogen) atoms. The minimum absolute atomic E-state index is 0.0972. The predicted molar refractivity (Wildman–Crippen MR) is 141 cm³/mol.